The third-order valence-electron chi connectivity index (χ3n) is 4.39. The van der Waals surface area contributed by atoms with E-state index in [9.17, 15) is 4.79 Å². The van der Waals surface area contributed by atoms with Crippen LogP contribution in [0, 0.1) is 11.8 Å². The summed E-state index contributed by atoms with van der Waals surface area (Å²) >= 11 is 0. The molecule has 2 rings (SSSR count). The first kappa shape index (κ1) is 26.2. The zero-order valence-corrected chi connectivity index (χ0v) is 18.0. The zero-order valence-electron chi connectivity index (χ0n) is 18.0. The van der Waals surface area contributed by atoms with Gasteiger partial charge < -0.3 is 25.2 Å². The number of carbonyl (C=O) groups is 3. The van der Waals surface area contributed by atoms with Crippen LogP contribution in [0.25, 0.3) is 0 Å². The van der Waals surface area contributed by atoms with E-state index in [4.69, 9.17) is 24.5 Å². The molecule has 0 aromatic rings. The van der Waals surface area contributed by atoms with Crippen molar-refractivity contribution in [3.63, 3.8) is 0 Å². The minimum Gasteiger partial charge on any atom is -0.481 e. The van der Waals surface area contributed by atoms with Gasteiger partial charge in [0.1, 0.15) is 5.60 Å². The van der Waals surface area contributed by atoms with Crippen molar-refractivity contribution in [1.29, 1.82) is 0 Å². The highest BCUT2D eigenvalue weighted by Gasteiger charge is 2.28. The van der Waals surface area contributed by atoms with E-state index in [2.05, 4.69) is 5.32 Å². The molecule has 0 radical (unpaired) electrons. The molecule has 0 spiro atoms. The molecular weight excluding hydrogens is 364 g/mol. The van der Waals surface area contributed by atoms with E-state index in [-0.39, 0.29) is 11.7 Å². The van der Waals surface area contributed by atoms with Gasteiger partial charge in [-0.1, -0.05) is 0 Å². The van der Waals surface area contributed by atoms with Gasteiger partial charge in [0.15, 0.2) is 0 Å². The summed E-state index contributed by atoms with van der Waals surface area (Å²) in [5.41, 5.74) is -0.386. The van der Waals surface area contributed by atoms with Gasteiger partial charge in [-0.2, -0.15) is 0 Å². The van der Waals surface area contributed by atoms with Crippen LogP contribution in [0.2, 0.25) is 0 Å². The van der Waals surface area contributed by atoms with Gasteiger partial charge in [0.2, 0.25) is 0 Å². The standard InChI is InChI=1S/C16H30N2O2.2C2H4O2/c1-16(2,3)20-15(19)18-10-6-14(7-11-18)12-13-4-8-17-9-5-13;2*1-2(3)4/h13-14,17H,4-12H2,1-3H3;2*1H3,(H,3,4). The summed E-state index contributed by atoms with van der Waals surface area (Å²) in [7, 11) is 0. The molecule has 2 aliphatic heterocycles. The Morgan fingerprint density at radius 1 is 0.929 bits per heavy atom. The molecule has 0 bridgehead atoms. The molecule has 28 heavy (non-hydrogen) atoms. The van der Waals surface area contributed by atoms with Crippen molar-refractivity contribution in [3.05, 3.63) is 0 Å². The molecule has 3 N–H and O–H groups in total. The molecule has 0 aromatic carbocycles. The number of rotatable bonds is 2. The third kappa shape index (κ3) is 15.2. The molecule has 8 heteroatoms. The maximum Gasteiger partial charge on any atom is 0.410 e. The number of carboxylic acid groups (broad SMARTS) is 2. The van der Waals surface area contributed by atoms with Crippen LogP contribution >= 0.6 is 0 Å². The van der Waals surface area contributed by atoms with Crippen LogP contribution in [-0.4, -0.2) is 64.9 Å². The number of likely N-dealkylation sites (tertiary alicyclic amines) is 1. The Labute approximate surface area is 168 Å². The van der Waals surface area contributed by atoms with Crippen molar-refractivity contribution in [2.24, 2.45) is 11.8 Å². The van der Waals surface area contributed by atoms with Gasteiger partial charge in [0.25, 0.3) is 11.9 Å². The number of piperidine rings is 2. The van der Waals surface area contributed by atoms with Gasteiger partial charge >= 0.3 is 6.09 Å². The Kier molecular flexibility index (Phi) is 12.5. The van der Waals surface area contributed by atoms with Crippen LogP contribution in [0.5, 0.6) is 0 Å². The van der Waals surface area contributed by atoms with E-state index in [0.717, 1.165) is 51.6 Å². The van der Waals surface area contributed by atoms with E-state index in [1.807, 2.05) is 25.7 Å². The summed E-state index contributed by atoms with van der Waals surface area (Å²) in [6, 6.07) is 0. The number of hydrogen-bond acceptors (Lipinski definition) is 5. The molecule has 0 atom stereocenters. The van der Waals surface area contributed by atoms with Gasteiger partial charge in [-0.05, 0) is 77.8 Å². The first-order chi connectivity index (χ1) is 12.9. The van der Waals surface area contributed by atoms with Crippen molar-refractivity contribution in [1.82, 2.24) is 10.2 Å². The average Bonchev–Trinajstić information content (AvgIpc) is 2.54. The van der Waals surface area contributed by atoms with E-state index >= 15 is 0 Å². The van der Waals surface area contributed by atoms with Gasteiger partial charge in [-0.25, -0.2) is 4.79 Å². The fourth-order valence-corrected chi connectivity index (χ4v) is 3.27. The lowest BCUT2D eigenvalue weighted by atomic mass is 9.83. The van der Waals surface area contributed by atoms with E-state index < -0.39 is 11.9 Å². The predicted molar refractivity (Wildman–Crippen MR) is 107 cm³/mol. The lowest BCUT2D eigenvalue weighted by Gasteiger charge is -2.35. The minimum absolute atomic E-state index is 0.141. The zero-order chi connectivity index (χ0) is 21.7. The fourth-order valence-electron chi connectivity index (χ4n) is 3.27. The highest BCUT2D eigenvalue weighted by Crippen LogP contribution is 2.28. The maximum absolute atomic E-state index is 12.0. The van der Waals surface area contributed by atoms with Crippen molar-refractivity contribution in [3.8, 4) is 0 Å². The molecule has 0 unspecified atom stereocenters. The smallest absolute Gasteiger partial charge is 0.410 e. The lowest BCUT2D eigenvalue weighted by molar-refractivity contribution is -0.135. The molecule has 0 saturated carbocycles. The Hall–Kier alpha value is -1.83. The topological polar surface area (TPSA) is 116 Å². The normalized spacial score (nSPS) is 18.1. The van der Waals surface area contributed by atoms with Crippen molar-refractivity contribution >= 4 is 18.0 Å². The second-order valence-electron chi connectivity index (χ2n) is 8.38. The van der Waals surface area contributed by atoms with Crippen LogP contribution in [0.15, 0.2) is 0 Å². The largest absolute Gasteiger partial charge is 0.481 e. The highest BCUT2D eigenvalue weighted by molar-refractivity contribution is 5.68. The third-order valence-corrected chi connectivity index (χ3v) is 4.39. The molecule has 2 fully saturated rings. The second kappa shape index (κ2) is 13.4. The fraction of sp³-hybridized carbons (Fsp3) is 0.850. The van der Waals surface area contributed by atoms with Crippen molar-refractivity contribution in [2.45, 2.75) is 72.3 Å². The Balaban J connectivity index is 0.000000776. The van der Waals surface area contributed by atoms with Crippen LogP contribution in [-0.2, 0) is 14.3 Å². The van der Waals surface area contributed by atoms with Crippen LogP contribution < -0.4 is 5.32 Å². The van der Waals surface area contributed by atoms with Crippen LogP contribution in [0.1, 0.15) is 66.7 Å². The molecule has 2 aliphatic rings. The highest BCUT2D eigenvalue weighted by atomic mass is 16.6. The van der Waals surface area contributed by atoms with Gasteiger partial charge in [-0.15, -0.1) is 0 Å². The molecule has 2 saturated heterocycles. The molecule has 8 nitrogen and oxygen atoms in total. The maximum atomic E-state index is 12.0. The number of nitrogens with zero attached hydrogens (tertiary/aromatic N) is 1. The van der Waals surface area contributed by atoms with Crippen LogP contribution in [0.3, 0.4) is 0 Å². The van der Waals surface area contributed by atoms with Crippen molar-refractivity contribution < 1.29 is 29.3 Å². The number of ether oxygens (including phenoxy) is 1. The molecule has 1 amide bonds. The molecule has 2 heterocycles. The van der Waals surface area contributed by atoms with Gasteiger partial charge in [0, 0.05) is 26.9 Å². The minimum atomic E-state index is -0.833. The summed E-state index contributed by atoms with van der Waals surface area (Å²) in [6.45, 7) is 12.0. The quantitative estimate of drug-likeness (QED) is 0.649. The number of carbonyl (C=O) groups excluding carboxylic acids is 1. The summed E-state index contributed by atoms with van der Waals surface area (Å²) in [5, 5.41) is 18.3. The molecule has 0 aromatic heterocycles. The van der Waals surface area contributed by atoms with Gasteiger partial charge in [0.05, 0.1) is 0 Å². The van der Waals surface area contributed by atoms with E-state index in [0.29, 0.717) is 0 Å². The number of amides is 1. The summed E-state index contributed by atoms with van der Waals surface area (Å²) in [6.07, 6.45) is 6.15. The Morgan fingerprint density at radius 2 is 1.32 bits per heavy atom. The number of carboxylic acids is 2. The first-order valence-electron chi connectivity index (χ1n) is 9.98. The summed E-state index contributed by atoms with van der Waals surface area (Å²) in [5.74, 6) is 0.0334. The summed E-state index contributed by atoms with van der Waals surface area (Å²) in [4.78, 5) is 31.9. The number of nitrogens with one attached hydrogen (secondary N) is 1. The summed E-state index contributed by atoms with van der Waals surface area (Å²) < 4.78 is 5.44. The second-order valence-corrected chi connectivity index (χ2v) is 8.38. The van der Waals surface area contributed by atoms with E-state index in [1.54, 1.807) is 0 Å². The average molecular weight is 403 g/mol. The van der Waals surface area contributed by atoms with Crippen LogP contribution in [0.4, 0.5) is 4.79 Å². The Bertz CT molecular complexity index is 456. The molecular formula is C20H38N2O6. The Morgan fingerprint density at radius 3 is 1.71 bits per heavy atom. The lowest BCUT2D eigenvalue weighted by Crippen LogP contribution is -2.42. The molecule has 0 aliphatic carbocycles. The first-order valence-corrected chi connectivity index (χ1v) is 9.98. The monoisotopic (exact) mass is 402 g/mol. The van der Waals surface area contributed by atoms with Crippen molar-refractivity contribution in [2.75, 3.05) is 26.2 Å². The molecule has 164 valence electrons. The van der Waals surface area contributed by atoms with Gasteiger partial charge in [-0.3, -0.25) is 9.59 Å². The SMILES string of the molecule is CC(=O)O.CC(=O)O.CC(C)(C)OC(=O)N1CCC(CC2CCNCC2)CC1. The number of hydrogen-bond donors (Lipinski definition) is 3. The number of aliphatic carboxylic acids is 2. The predicted octanol–water partition coefficient (Wildman–Crippen LogP) is 3.21. The van der Waals surface area contributed by atoms with E-state index in [1.165, 1.54) is 32.4 Å².